The average molecular weight is 577 g/mol. The standard InChI is InChI=1S/C39H44O4/c1-7-26-40-34-18-10-30(11-19-34)38(3,4)32-14-22-36(23-15-32)42-28-9-29-43-37-24-16-33(17-25-37)39(5,6)31-12-20-35(21-13-31)41-27-8-2/h7-8,10-25H,1-2,9,26-29H2,3-6H3. The highest BCUT2D eigenvalue weighted by molar-refractivity contribution is 5.43. The predicted molar refractivity (Wildman–Crippen MR) is 177 cm³/mol. The highest BCUT2D eigenvalue weighted by Crippen LogP contribution is 2.34. The van der Waals surface area contributed by atoms with Gasteiger partial charge in [-0.25, -0.2) is 0 Å². The molecule has 0 aliphatic heterocycles. The summed E-state index contributed by atoms with van der Waals surface area (Å²) < 4.78 is 23.2. The van der Waals surface area contributed by atoms with Crippen LogP contribution in [0.5, 0.6) is 23.0 Å². The summed E-state index contributed by atoms with van der Waals surface area (Å²) >= 11 is 0. The molecule has 0 unspecified atom stereocenters. The highest BCUT2D eigenvalue weighted by Gasteiger charge is 2.24. The number of hydrogen-bond acceptors (Lipinski definition) is 4. The van der Waals surface area contributed by atoms with E-state index in [-0.39, 0.29) is 10.8 Å². The van der Waals surface area contributed by atoms with E-state index in [0.717, 1.165) is 29.4 Å². The average Bonchev–Trinajstić information content (AvgIpc) is 3.03. The first-order chi connectivity index (χ1) is 20.7. The summed E-state index contributed by atoms with van der Waals surface area (Å²) in [5.41, 5.74) is 4.63. The van der Waals surface area contributed by atoms with Crippen molar-refractivity contribution in [2.24, 2.45) is 0 Å². The van der Waals surface area contributed by atoms with Crippen LogP contribution in [0.2, 0.25) is 0 Å². The smallest absolute Gasteiger partial charge is 0.119 e. The number of benzene rings is 4. The molecule has 0 saturated carbocycles. The fourth-order valence-electron chi connectivity index (χ4n) is 4.95. The van der Waals surface area contributed by atoms with Gasteiger partial charge in [-0.15, -0.1) is 0 Å². The molecular weight excluding hydrogens is 532 g/mol. The Kier molecular flexibility index (Phi) is 10.7. The van der Waals surface area contributed by atoms with Crippen LogP contribution in [0, 0.1) is 0 Å². The minimum absolute atomic E-state index is 0.140. The van der Waals surface area contributed by atoms with Crippen molar-refractivity contribution >= 4 is 0 Å². The quantitative estimate of drug-likeness (QED) is 0.0984. The van der Waals surface area contributed by atoms with E-state index in [0.29, 0.717) is 26.4 Å². The van der Waals surface area contributed by atoms with Crippen molar-refractivity contribution < 1.29 is 18.9 Å². The van der Waals surface area contributed by atoms with Gasteiger partial charge >= 0.3 is 0 Å². The van der Waals surface area contributed by atoms with E-state index in [1.54, 1.807) is 12.2 Å². The van der Waals surface area contributed by atoms with Crippen molar-refractivity contribution in [2.75, 3.05) is 26.4 Å². The third-order valence-electron chi connectivity index (χ3n) is 7.87. The van der Waals surface area contributed by atoms with E-state index >= 15 is 0 Å². The van der Waals surface area contributed by atoms with E-state index in [4.69, 9.17) is 18.9 Å². The van der Waals surface area contributed by atoms with Gasteiger partial charge < -0.3 is 18.9 Å². The van der Waals surface area contributed by atoms with E-state index in [2.05, 4.69) is 89.4 Å². The molecule has 0 radical (unpaired) electrons. The second-order valence-electron chi connectivity index (χ2n) is 11.6. The SMILES string of the molecule is C=CCOc1ccc(C(C)(C)c2ccc(OCCCOc3ccc(C(C)(C)c4ccc(OCC=C)cc4)cc3)cc2)cc1. The molecule has 4 aromatic rings. The van der Waals surface area contributed by atoms with Crippen molar-refractivity contribution in [1.29, 1.82) is 0 Å². The first-order valence-corrected chi connectivity index (χ1v) is 14.9. The van der Waals surface area contributed by atoms with Crippen molar-refractivity contribution in [1.82, 2.24) is 0 Å². The second kappa shape index (κ2) is 14.6. The number of rotatable bonds is 16. The Hall–Kier alpha value is -4.44. The Morgan fingerprint density at radius 2 is 0.698 bits per heavy atom. The zero-order chi connectivity index (χ0) is 30.7. The molecule has 0 fully saturated rings. The van der Waals surface area contributed by atoms with Gasteiger partial charge in [0.2, 0.25) is 0 Å². The van der Waals surface area contributed by atoms with Gasteiger partial charge in [-0.05, 0) is 70.8 Å². The molecule has 0 spiro atoms. The molecule has 0 heterocycles. The molecule has 4 rings (SSSR count). The lowest BCUT2D eigenvalue weighted by atomic mass is 9.78. The van der Waals surface area contributed by atoms with Crippen LogP contribution in [-0.4, -0.2) is 26.4 Å². The van der Waals surface area contributed by atoms with Crippen molar-refractivity contribution in [3.63, 3.8) is 0 Å². The zero-order valence-electron chi connectivity index (χ0n) is 26.0. The van der Waals surface area contributed by atoms with Crippen molar-refractivity contribution in [3.05, 3.63) is 145 Å². The van der Waals surface area contributed by atoms with E-state index < -0.39 is 0 Å². The largest absolute Gasteiger partial charge is 0.493 e. The molecule has 4 heteroatoms. The van der Waals surface area contributed by atoms with E-state index in [9.17, 15) is 0 Å². The fraction of sp³-hybridized carbons (Fsp3) is 0.282. The first kappa shape index (κ1) is 31.5. The predicted octanol–water partition coefficient (Wildman–Crippen LogP) is 9.32. The summed E-state index contributed by atoms with van der Waals surface area (Å²) in [6.07, 6.45) is 4.29. The monoisotopic (exact) mass is 576 g/mol. The maximum Gasteiger partial charge on any atom is 0.119 e. The zero-order valence-corrected chi connectivity index (χ0v) is 26.0. The molecule has 4 aromatic carbocycles. The van der Waals surface area contributed by atoms with Crippen LogP contribution in [0.1, 0.15) is 56.4 Å². The summed E-state index contributed by atoms with van der Waals surface area (Å²) in [5, 5.41) is 0. The lowest BCUT2D eigenvalue weighted by molar-refractivity contribution is 0.247. The Balaban J connectivity index is 1.22. The number of hydrogen-bond donors (Lipinski definition) is 0. The fourth-order valence-corrected chi connectivity index (χ4v) is 4.95. The van der Waals surface area contributed by atoms with Gasteiger partial charge in [-0.3, -0.25) is 0 Å². The molecule has 0 aliphatic carbocycles. The molecule has 0 N–H and O–H groups in total. The third kappa shape index (κ3) is 8.32. The van der Waals surface area contributed by atoms with Gasteiger partial charge in [0, 0.05) is 17.3 Å². The summed E-state index contributed by atoms with van der Waals surface area (Å²) in [6.45, 7) is 18.5. The van der Waals surface area contributed by atoms with Crippen LogP contribution >= 0.6 is 0 Å². The topological polar surface area (TPSA) is 36.9 Å². The van der Waals surface area contributed by atoms with Gasteiger partial charge in [0.15, 0.2) is 0 Å². The molecule has 224 valence electrons. The Morgan fingerprint density at radius 1 is 0.442 bits per heavy atom. The molecule has 0 aliphatic rings. The molecule has 4 nitrogen and oxygen atoms in total. The van der Waals surface area contributed by atoms with Gasteiger partial charge in [-0.1, -0.05) is 102 Å². The van der Waals surface area contributed by atoms with Gasteiger partial charge in [0.05, 0.1) is 13.2 Å². The summed E-state index contributed by atoms with van der Waals surface area (Å²) in [4.78, 5) is 0. The normalized spacial score (nSPS) is 11.4. The van der Waals surface area contributed by atoms with Gasteiger partial charge in [0.1, 0.15) is 36.2 Å². The lowest BCUT2D eigenvalue weighted by Crippen LogP contribution is -2.18. The highest BCUT2D eigenvalue weighted by atomic mass is 16.5. The molecule has 0 saturated heterocycles. The Bertz CT molecular complexity index is 1320. The van der Waals surface area contributed by atoms with Crippen LogP contribution in [0.25, 0.3) is 0 Å². The van der Waals surface area contributed by atoms with Gasteiger partial charge in [-0.2, -0.15) is 0 Å². The number of ether oxygens (including phenoxy) is 4. The van der Waals surface area contributed by atoms with Crippen LogP contribution in [0.3, 0.4) is 0 Å². The van der Waals surface area contributed by atoms with Crippen LogP contribution in [0.4, 0.5) is 0 Å². The maximum absolute atomic E-state index is 6.00. The molecular formula is C39H44O4. The molecule has 0 aromatic heterocycles. The van der Waals surface area contributed by atoms with Crippen molar-refractivity contribution in [3.8, 4) is 23.0 Å². The van der Waals surface area contributed by atoms with E-state index in [1.165, 1.54) is 22.3 Å². The van der Waals surface area contributed by atoms with Crippen LogP contribution in [0.15, 0.2) is 122 Å². The first-order valence-electron chi connectivity index (χ1n) is 14.9. The minimum atomic E-state index is -0.140. The van der Waals surface area contributed by atoms with Crippen LogP contribution in [-0.2, 0) is 10.8 Å². The van der Waals surface area contributed by atoms with Crippen molar-refractivity contribution in [2.45, 2.75) is 44.9 Å². The lowest BCUT2D eigenvalue weighted by Gasteiger charge is -2.26. The Morgan fingerprint density at radius 3 is 0.953 bits per heavy atom. The molecule has 43 heavy (non-hydrogen) atoms. The minimum Gasteiger partial charge on any atom is -0.493 e. The van der Waals surface area contributed by atoms with Crippen LogP contribution < -0.4 is 18.9 Å². The van der Waals surface area contributed by atoms with E-state index in [1.807, 2.05) is 48.5 Å². The molecule has 0 atom stereocenters. The second-order valence-corrected chi connectivity index (χ2v) is 11.6. The summed E-state index contributed by atoms with van der Waals surface area (Å²) in [7, 11) is 0. The molecule has 0 bridgehead atoms. The summed E-state index contributed by atoms with van der Waals surface area (Å²) in [6, 6.07) is 33.3. The maximum atomic E-state index is 6.00. The Labute approximate surface area is 257 Å². The van der Waals surface area contributed by atoms with Gasteiger partial charge in [0.25, 0.3) is 0 Å². The molecule has 0 amide bonds. The third-order valence-corrected chi connectivity index (χ3v) is 7.87. The summed E-state index contributed by atoms with van der Waals surface area (Å²) in [5.74, 6) is 3.42.